The van der Waals surface area contributed by atoms with Gasteiger partial charge in [-0.2, -0.15) is 10.4 Å². The van der Waals surface area contributed by atoms with E-state index in [9.17, 15) is 5.26 Å². The van der Waals surface area contributed by atoms with Gasteiger partial charge in [-0.15, -0.1) is 0 Å². The van der Waals surface area contributed by atoms with E-state index in [4.69, 9.17) is 14.2 Å². The summed E-state index contributed by atoms with van der Waals surface area (Å²) < 4.78 is 19.6. The summed E-state index contributed by atoms with van der Waals surface area (Å²) in [5.41, 5.74) is 2.26. The summed E-state index contributed by atoms with van der Waals surface area (Å²) in [5, 5.41) is 13.9. The number of hydrogen-bond donors (Lipinski definition) is 0. The van der Waals surface area contributed by atoms with E-state index in [2.05, 4.69) is 26.0 Å². The van der Waals surface area contributed by atoms with E-state index in [1.54, 1.807) is 29.2 Å². The number of hydrogen-bond acceptors (Lipinski definition) is 8. The van der Waals surface area contributed by atoms with Crippen molar-refractivity contribution in [2.75, 3.05) is 31.2 Å². The number of nitriles is 1. The summed E-state index contributed by atoms with van der Waals surface area (Å²) in [6.45, 7) is 3.04. The first-order valence-electron chi connectivity index (χ1n) is 10.6. The van der Waals surface area contributed by atoms with Crippen LogP contribution in [0.25, 0.3) is 5.52 Å². The van der Waals surface area contributed by atoms with Crippen LogP contribution in [0.4, 0.5) is 5.69 Å². The van der Waals surface area contributed by atoms with E-state index in [0.717, 1.165) is 50.0 Å². The molecule has 9 heteroatoms. The summed E-state index contributed by atoms with van der Waals surface area (Å²) in [7, 11) is 0. The van der Waals surface area contributed by atoms with Gasteiger partial charge in [0.25, 0.3) is 0 Å². The molecule has 2 aliphatic rings. The van der Waals surface area contributed by atoms with Crippen LogP contribution in [0.15, 0.2) is 36.9 Å². The van der Waals surface area contributed by atoms with Gasteiger partial charge in [-0.25, -0.2) is 14.5 Å². The lowest BCUT2D eigenvalue weighted by molar-refractivity contribution is 0.0755. The van der Waals surface area contributed by atoms with Crippen LogP contribution < -0.4 is 14.4 Å². The van der Waals surface area contributed by atoms with Crippen molar-refractivity contribution in [3.8, 4) is 17.8 Å². The van der Waals surface area contributed by atoms with Crippen molar-refractivity contribution in [2.24, 2.45) is 0 Å². The molecular weight excluding hydrogens is 396 g/mol. The first-order valence-corrected chi connectivity index (χ1v) is 10.6. The van der Waals surface area contributed by atoms with E-state index < -0.39 is 0 Å². The minimum atomic E-state index is 0.0572. The van der Waals surface area contributed by atoms with Crippen molar-refractivity contribution < 1.29 is 14.2 Å². The largest absolute Gasteiger partial charge is 0.488 e. The standard InChI is InChI=1S/C22H24N6O3/c23-13-16-14-26-28-15-17(27-8-10-29-11-9-27)12-20(21(16)28)30-18-2-4-19(5-3-18)31-22-24-6-1-7-25-22/h1,6-7,12,14-15,18-19H,2-5,8-11H2/t18-,19+. The second-order valence-corrected chi connectivity index (χ2v) is 7.79. The van der Waals surface area contributed by atoms with E-state index in [0.29, 0.717) is 30.5 Å². The molecule has 0 radical (unpaired) electrons. The van der Waals surface area contributed by atoms with Crippen molar-refractivity contribution in [1.29, 1.82) is 5.26 Å². The third kappa shape index (κ3) is 4.25. The van der Waals surface area contributed by atoms with Crippen LogP contribution in [0, 0.1) is 11.3 Å². The average Bonchev–Trinajstić information content (AvgIpc) is 3.25. The van der Waals surface area contributed by atoms with E-state index in [-0.39, 0.29) is 12.2 Å². The summed E-state index contributed by atoms with van der Waals surface area (Å²) in [6, 6.07) is 6.46. The molecule has 0 spiro atoms. The Morgan fingerprint density at radius 3 is 2.45 bits per heavy atom. The highest BCUT2D eigenvalue weighted by molar-refractivity contribution is 5.72. The molecule has 4 heterocycles. The molecular formula is C22H24N6O3. The van der Waals surface area contributed by atoms with Gasteiger partial charge in [-0.1, -0.05) is 0 Å². The predicted molar refractivity (Wildman–Crippen MR) is 112 cm³/mol. The molecule has 0 unspecified atom stereocenters. The Morgan fingerprint density at radius 1 is 1.03 bits per heavy atom. The number of nitrogens with zero attached hydrogens (tertiary/aromatic N) is 6. The summed E-state index contributed by atoms with van der Waals surface area (Å²) in [6.07, 6.45) is 10.5. The van der Waals surface area contributed by atoms with Gasteiger partial charge in [0, 0.05) is 31.5 Å². The van der Waals surface area contributed by atoms with Crippen LogP contribution in [0.1, 0.15) is 31.2 Å². The molecule has 3 aromatic rings. The maximum absolute atomic E-state index is 9.53. The Labute approximate surface area is 180 Å². The molecule has 0 N–H and O–H groups in total. The Bertz CT molecular complexity index is 1070. The van der Waals surface area contributed by atoms with Crippen molar-refractivity contribution in [3.63, 3.8) is 0 Å². The highest BCUT2D eigenvalue weighted by atomic mass is 16.5. The van der Waals surface area contributed by atoms with Crippen LogP contribution in [-0.4, -0.2) is 58.1 Å². The van der Waals surface area contributed by atoms with Gasteiger partial charge in [0.1, 0.15) is 29.0 Å². The number of morpholine rings is 1. The van der Waals surface area contributed by atoms with E-state index in [1.807, 2.05) is 12.3 Å². The van der Waals surface area contributed by atoms with Crippen LogP contribution >= 0.6 is 0 Å². The molecule has 160 valence electrons. The molecule has 1 saturated carbocycles. The number of ether oxygens (including phenoxy) is 3. The highest BCUT2D eigenvalue weighted by Crippen LogP contribution is 2.33. The van der Waals surface area contributed by atoms with Crippen molar-refractivity contribution >= 4 is 11.2 Å². The first-order chi connectivity index (χ1) is 15.3. The maximum atomic E-state index is 9.53. The zero-order valence-electron chi connectivity index (χ0n) is 17.2. The molecule has 0 aromatic carbocycles. The predicted octanol–water partition coefficient (Wildman–Crippen LogP) is 2.60. The lowest BCUT2D eigenvalue weighted by Gasteiger charge is -2.31. The maximum Gasteiger partial charge on any atom is 0.316 e. The van der Waals surface area contributed by atoms with Crippen LogP contribution in [-0.2, 0) is 4.74 Å². The Morgan fingerprint density at radius 2 is 1.74 bits per heavy atom. The average molecular weight is 420 g/mol. The fourth-order valence-electron chi connectivity index (χ4n) is 4.18. The number of aromatic nitrogens is 4. The number of rotatable bonds is 5. The van der Waals surface area contributed by atoms with Gasteiger partial charge >= 0.3 is 6.01 Å². The molecule has 0 bridgehead atoms. The minimum absolute atomic E-state index is 0.0572. The minimum Gasteiger partial charge on any atom is -0.488 e. The Balaban J connectivity index is 1.32. The smallest absolute Gasteiger partial charge is 0.316 e. The lowest BCUT2D eigenvalue weighted by Crippen LogP contribution is -2.36. The molecule has 1 aliphatic heterocycles. The summed E-state index contributed by atoms with van der Waals surface area (Å²) >= 11 is 0. The molecule has 0 atom stereocenters. The fourth-order valence-corrected chi connectivity index (χ4v) is 4.18. The summed E-state index contributed by atoms with van der Waals surface area (Å²) in [5.74, 6) is 0.703. The quantitative estimate of drug-likeness (QED) is 0.621. The second kappa shape index (κ2) is 8.78. The Hall–Kier alpha value is -3.38. The Kier molecular flexibility index (Phi) is 5.54. The zero-order valence-corrected chi connectivity index (χ0v) is 17.2. The van der Waals surface area contributed by atoms with Crippen LogP contribution in [0.3, 0.4) is 0 Å². The number of fused-ring (bicyclic) bond motifs is 1. The lowest BCUT2D eigenvalue weighted by atomic mass is 9.95. The second-order valence-electron chi connectivity index (χ2n) is 7.79. The van der Waals surface area contributed by atoms with E-state index in [1.165, 1.54) is 0 Å². The van der Waals surface area contributed by atoms with Gasteiger partial charge in [0.05, 0.1) is 37.4 Å². The molecule has 9 nitrogen and oxygen atoms in total. The number of pyridine rings is 1. The monoisotopic (exact) mass is 420 g/mol. The third-order valence-electron chi connectivity index (χ3n) is 5.79. The molecule has 2 fully saturated rings. The summed E-state index contributed by atoms with van der Waals surface area (Å²) in [4.78, 5) is 10.5. The number of anilines is 1. The molecule has 5 rings (SSSR count). The van der Waals surface area contributed by atoms with Crippen LogP contribution in [0.2, 0.25) is 0 Å². The van der Waals surface area contributed by atoms with E-state index >= 15 is 0 Å². The topological polar surface area (TPSA) is 97.8 Å². The van der Waals surface area contributed by atoms with Gasteiger partial charge in [-0.05, 0) is 31.7 Å². The molecule has 1 saturated heterocycles. The molecule has 1 aliphatic carbocycles. The van der Waals surface area contributed by atoms with Crippen molar-refractivity contribution in [1.82, 2.24) is 19.6 Å². The van der Waals surface area contributed by atoms with Crippen LogP contribution in [0.5, 0.6) is 11.8 Å². The van der Waals surface area contributed by atoms with Gasteiger partial charge in [0.15, 0.2) is 0 Å². The third-order valence-corrected chi connectivity index (χ3v) is 5.79. The highest BCUT2D eigenvalue weighted by Gasteiger charge is 2.26. The molecule has 31 heavy (non-hydrogen) atoms. The van der Waals surface area contributed by atoms with Crippen molar-refractivity contribution in [2.45, 2.75) is 37.9 Å². The molecule has 0 amide bonds. The van der Waals surface area contributed by atoms with Gasteiger partial charge in [-0.3, -0.25) is 0 Å². The SMILES string of the molecule is N#Cc1cnn2cc(N3CCOCC3)cc(O[C@H]3CC[C@@H](Oc4ncccn4)CC3)c12. The first kappa shape index (κ1) is 19.6. The zero-order chi connectivity index (χ0) is 21.0. The van der Waals surface area contributed by atoms with Gasteiger partial charge in [0.2, 0.25) is 0 Å². The molecule has 3 aromatic heterocycles. The van der Waals surface area contributed by atoms with Gasteiger partial charge < -0.3 is 19.1 Å². The normalized spacial score (nSPS) is 21.6. The fraction of sp³-hybridized carbons (Fsp3) is 0.455. The van der Waals surface area contributed by atoms with Crippen molar-refractivity contribution in [3.05, 3.63) is 42.5 Å².